The van der Waals surface area contributed by atoms with Crippen molar-refractivity contribution in [3.8, 4) is 0 Å². The lowest BCUT2D eigenvalue weighted by molar-refractivity contribution is -0.165. The molecule has 4 heteroatoms. The van der Waals surface area contributed by atoms with E-state index in [0.717, 1.165) is 0 Å². The maximum atomic E-state index is 10.9. The lowest BCUT2D eigenvalue weighted by atomic mass is 10.1. The molecule has 0 atom stereocenters. The first kappa shape index (κ1) is 11.1. The molecule has 0 heterocycles. The maximum Gasteiger partial charge on any atom is 0.310 e. The van der Waals surface area contributed by atoms with Crippen molar-refractivity contribution in [2.24, 2.45) is 0 Å². The van der Waals surface area contributed by atoms with Gasteiger partial charge in [-0.2, -0.15) is 0 Å². The van der Waals surface area contributed by atoms with E-state index in [2.05, 4.69) is 6.58 Å². The van der Waals surface area contributed by atoms with Crippen molar-refractivity contribution < 1.29 is 19.7 Å². The number of hydrogen-bond acceptors (Lipinski definition) is 4. The fourth-order valence-corrected chi connectivity index (χ4v) is 0.549. The van der Waals surface area contributed by atoms with Gasteiger partial charge in [-0.15, -0.1) is 6.58 Å². The summed E-state index contributed by atoms with van der Waals surface area (Å²) in [6, 6.07) is 0. The molecule has 12 heavy (non-hydrogen) atoms. The molecule has 0 saturated carbocycles. The van der Waals surface area contributed by atoms with Crippen molar-refractivity contribution in [2.45, 2.75) is 18.9 Å². The molecule has 70 valence electrons. The fraction of sp³-hybridized carbons (Fsp3) is 0.625. The van der Waals surface area contributed by atoms with Gasteiger partial charge in [-0.25, -0.2) is 0 Å². The van der Waals surface area contributed by atoms with Gasteiger partial charge in [0, 0.05) is 0 Å². The van der Waals surface area contributed by atoms with E-state index >= 15 is 0 Å². The predicted octanol–water partition coefficient (Wildman–Crippen LogP) is -0.151. The van der Waals surface area contributed by atoms with Crippen LogP contribution in [0, 0.1) is 0 Å². The Morgan fingerprint density at radius 2 is 2.08 bits per heavy atom. The molecule has 0 rings (SSSR count). The van der Waals surface area contributed by atoms with Gasteiger partial charge in [-0.1, -0.05) is 6.08 Å². The highest BCUT2D eigenvalue weighted by molar-refractivity contribution is 5.71. The number of carbonyl (C=O) groups excluding carboxylic acids is 1. The van der Waals surface area contributed by atoms with Crippen LogP contribution in [0.5, 0.6) is 0 Å². The van der Waals surface area contributed by atoms with Crippen molar-refractivity contribution >= 4 is 5.97 Å². The van der Waals surface area contributed by atoms with E-state index in [1.807, 2.05) is 0 Å². The fourth-order valence-electron chi connectivity index (χ4n) is 0.549. The van der Waals surface area contributed by atoms with E-state index in [1.54, 1.807) is 0 Å². The molecular weight excluding hydrogens is 160 g/mol. The number of ether oxygens (including phenoxy) is 1. The Hall–Kier alpha value is -0.870. The molecule has 0 amide bonds. The molecule has 0 spiro atoms. The maximum absolute atomic E-state index is 10.9. The molecule has 2 N–H and O–H groups in total. The average Bonchev–Trinajstić information content (AvgIpc) is 2.05. The van der Waals surface area contributed by atoms with Gasteiger partial charge in [0.25, 0.3) is 0 Å². The Morgan fingerprint density at radius 3 is 2.42 bits per heavy atom. The third-order valence-electron chi connectivity index (χ3n) is 1.34. The molecule has 0 aromatic rings. The van der Waals surface area contributed by atoms with Crippen molar-refractivity contribution in [1.82, 2.24) is 0 Å². The minimum Gasteiger partial charge on any atom is -0.454 e. The zero-order valence-corrected chi connectivity index (χ0v) is 7.12. The summed E-state index contributed by atoms with van der Waals surface area (Å²) in [6.07, 6.45) is 1.48. The molecular formula is C8H14O4. The number of rotatable bonds is 5. The van der Waals surface area contributed by atoms with E-state index in [4.69, 9.17) is 14.9 Å². The van der Waals surface area contributed by atoms with Crippen LogP contribution in [0.3, 0.4) is 0 Å². The van der Waals surface area contributed by atoms with E-state index < -0.39 is 24.8 Å². The Kier molecular flexibility index (Phi) is 4.54. The standard InChI is InChI=1S/C8H14O4/c1-3-4-7(11)12-8(2,5-9)6-10/h3,9-10H,1,4-6H2,2H3. The molecule has 0 radical (unpaired) electrons. The van der Waals surface area contributed by atoms with Gasteiger partial charge in [0.1, 0.15) is 0 Å². The molecule has 0 unspecified atom stereocenters. The summed E-state index contributed by atoms with van der Waals surface area (Å²) < 4.78 is 4.77. The summed E-state index contributed by atoms with van der Waals surface area (Å²) in [7, 11) is 0. The molecule has 0 aromatic carbocycles. The Bertz CT molecular complexity index is 160. The third-order valence-corrected chi connectivity index (χ3v) is 1.34. The van der Waals surface area contributed by atoms with E-state index in [9.17, 15) is 4.79 Å². The Morgan fingerprint density at radius 1 is 1.58 bits per heavy atom. The summed E-state index contributed by atoms with van der Waals surface area (Å²) in [6.45, 7) is 4.02. The SMILES string of the molecule is C=CCC(=O)OC(C)(CO)CO. The van der Waals surface area contributed by atoms with Crippen molar-refractivity contribution in [3.05, 3.63) is 12.7 Å². The van der Waals surface area contributed by atoms with Crippen LogP contribution in [-0.4, -0.2) is 35.0 Å². The highest BCUT2D eigenvalue weighted by Gasteiger charge is 2.26. The van der Waals surface area contributed by atoms with Gasteiger partial charge in [-0.3, -0.25) is 4.79 Å². The first-order valence-corrected chi connectivity index (χ1v) is 3.62. The molecule has 0 fully saturated rings. The van der Waals surface area contributed by atoms with E-state index in [-0.39, 0.29) is 6.42 Å². The van der Waals surface area contributed by atoms with Crippen molar-refractivity contribution in [3.63, 3.8) is 0 Å². The second kappa shape index (κ2) is 4.90. The lowest BCUT2D eigenvalue weighted by Gasteiger charge is -2.24. The van der Waals surface area contributed by atoms with E-state index in [0.29, 0.717) is 0 Å². The number of hydrogen-bond donors (Lipinski definition) is 2. The summed E-state index contributed by atoms with van der Waals surface area (Å²) in [5, 5.41) is 17.5. The van der Waals surface area contributed by atoms with Gasteiger partial charge < -0.3 is 14.9 Å². The van der Waals surface area contributed by atoms with Crippen LogP contribution in [0.2, 0.25) is 0 Å². The van der Waals surface area contributed by atoms with Crippen LogP contribution in [0.25, 0.3) is 0 Å². The second-order valence-electron chi connectivity index (χ2n) is 2.73. The molecule has 0 aliphatic carbocycles. The van der Waals surface area contributed by atoms with Crippen LogP contribution in [-0.2, 0) is 9.53 Å². The molecule has 0 aliphatic rings. The first-order chi connectivity index (χ1) is 5.58. The largest absolute Gasteiger partial charge is 0.454 e. The van der Waals surface area contributed by atoms with Crippen LogP contribution >= 0.6 is 0 Å². The number of aliphatic hydroxyl groups excluding tert-OH is 2. The van der Waals surface area contributed by atoms with Gasteiger partial charge in [0.2, 0.25) is 0 Å². The van der Waals surface area contributed by atoms with Gasteiger partial charge in [0.05, 0.1) is 19.6 Å². The monoisotopic (exact) mass is 174 g/mol. The Labute approximate surface area is 71.5 Å². The normalized spacial score (nSPS) is 10.9. The molecule has 0 aromatic heterocycles. The predicted molar refractivity (Wildman–Crippen MR) is 43.5 cm³/mol. The highest BCUT2D eigenvalue weighted by Crippen LogP contribution is 2.09. The quantitative estimate of drug-likeness (QED) is 0.449. The lowest BCUT2D eigenvalue weighted by Crippen LogP contribution is -2.39. The molecule has 4 nitrogen and oxygen atoms in total. The van der Waals surface area contributed by atoms with Crippen LogP contribution in [0.1, 0.15) is 13.3 Å². The van der Waals surface area contributed by atoms with Crippen LogP contribution < -0.4 is 0 Å². The van der Waals surface area contributed by atoms with Crippen LogP contribution in [0.4, 0.5) is 0 Å². The summed E-state index contributed by atoms with van der Waals surface area (Å²) in [5.74, 6) is -0.504. The molecule has 0 saturated heterocycles. The number of aliphatic hydroxyl groups is 2. The Balaban J connectivity index is 4.01. The smallest absolute Gasteiger partial charge is 0.310 e. The van der Waals surface area contributed by atoms with Gasteiger partial charge in [-0.05, 0) is 6.92 Å². The second-order valence-corrected chi connectivity index (χ2v) is 2.73. The van der Waals surface area contributed by atoms with Crippen LogP contribution in [0.15, 0.2) is 12.7 Å². The summed E-state index contributed by atoms with van der Waals surface area (Å²) >= 11 is 0. The first-order valence-electron chi connectivity index (χ1n) is 3.62. The third kappa shape index (κ3) is 3.50. The van der Waals surface area contributed by atoms with Gasteiger partial charge >= 0.3 is 5.97 Å². The topological polar surface area (TPSA) is 66.8 Å². The van der Waals surface area contributed by atoms with Gasteiger partial charge in [0.15, 0.2) is 5.60 Å². The molecule has 0 aliphatic heterocycles. The number of esters is 1. The number of carbonyl (C=O) groups is 1. The van der Waals surface area contributed by atoms with Crippen molar-refractivity contribution in [1.29, 1.82) is 0 Å². The highest BCUT2D eigenvalue weighted by atomic mass is 16.6. The summed E-state index contributed by atoms with van der Waals surface area (Å²) in [5.41, 5.74) is -1.18. The molecule has 0 bridgehead atoms. The minimum atomic E-state index is -1.18. The van der Waals surface area contributed by atoms with Crippen molar-refractivity contribution in [2.75, 3.05) is 13.2 Å². The van der Waals surface area contributed by atoms with E-state index in [1.165, 1.54) is 13.0 Å². The summed E-state index contributed by atoms with van der Waals surface area (Å²) in [4.78, 5) is 10.9. The average molecular weight is 174 g/mol. The minimum absolute atomic E-state index is 0.0790. The zero-order chi connectivity index (χ0) is 9.61. The zero-order valence-electron chi connectivity index (χ0n) is 7.12.